The van der Waals surface area contributed by atoms with Crippen LogP contribution in [-0.4, -0.2) is 32.9 Å². The van der Waals surface area contributed by atoms with Crippen molar-refractivity contribution >= 4 is 21.5 Å². The molecule has 0 bridgehead atoms. The number of aryl methyl sites for hydroxylation is 2. The molecule has 5 nitrogen and oxygen atoms in total. The summed E-state index contributed by atoms with van der Waals surface area (Å²) in [5.41, 5.74) is 9.38. The topological polar surface area (TPSA) is 84.5 Å². The van der Waals surface area contributed by atoms with Crippen LogP contribution in [0.15, 0.2) is 23.2 Å². The fourth-order valence-electron chi connectivity index (χ4n) is 2.17. The Balaban J connectivity index is 1.95. The zero-order valence-corrected chi connectivity index (χ0v) is 11.8. The van der Waals surface area contributed by atoms with Crippen molar-refractivity contribution in [1.82, 2.24) is 0 Å². The van der Waals surface area contributed by atoms with E-state index < -0.39 is 9.84 Å². The number of benzene rings is 1. The molecule has 0 atom stereocenters. The summed E-state index contributed by atoms with van der Waals surface area (Å²) in [6, 6.07) is 6.17. The highest BCUT2D eigenvalue weighted by Gasteiger charge is 2.10. The van der Waals surface area contributed by atoms with Crippen molar-refractivity contribution < 1.29 is 8.42 Å². The molecule has 1 aliphatic carbocycles. The molecule has 0 heterocycles. The summed E-state index contributed by atoms with van der Waals surface area (Å²) < 4.78 is 21.9. The van der Waals surface area contributed by atoms with Gasteiger partial charge in [-0.2, -0.15) is 0 Å². The van der Waals surface area contributed by atoms with Crippen LogP contribution < -0.4 is 11.1 Å². The van der Waals surface area contributed by atoms with Crippen molar-refractivity contribution in [1.29, 1.82) is 0 Å². The number of aliphatic imine (C=N–C) groups is 1. The predicted octanol–water partition coefficient (Wildman–Crippen LogP) is 0.947. The molecule has 0 spiro atoms. The number of hydrogen-bond acceptors (Lipinski definition) is 3. The maximum atomic E-state index is 11.0. The van der Waals surface area contributed by atoms with Gasteiger partial charge >= 0.3 is 0 Å². The van der Waals surface area contributed by atoms with E-state index in [1.165, 1.54) is 23.8 Å². The second-order valence-corrected chi connectivity index (χ2v) is 7.12. The van der Waals surface area contributed by atoms with Crippen molar-refractivity contribution in [3.05, 3.63) is 29.3 Å². The molecule has 6 heteroatoms. The number of fused-ring (bicyclic) bond motifs is 1. The summed E-state index contributed by atoms with van der Waals surface area (Å²) in [6.07, 6.45) is 4.65. The molecule has 0 aliphatic heterocycles. The third kappa shape index (κ3) is 4.24. The quantitative estimate of drug-likeness (QED) is 0.635. The summed E-state index contributed by atoms with van der Waals surface area (Å²) in [5.74, 6) is 0.265. The highest BCUT2D eigenvalue weighted by Crippen LogP contribution is 2.24. The molecular formula is C13H19N3O2S. The van der Waals surface area contributed by atoms with Crippen LogP contribution in [0, 0.1) is 0 Å². The van der Waals surface area contributed by atoms with Crippen molar-refractivity contribution in [3.63, 3.8) is 0 Å². The van der Waals surface area contributed by atoms with Crippen molar-refractivity contribution in [2.24, 2.45) is 10.7 Å². The predicted molar refractivity (Wildman–Crippen MR) is 78.3 cm³/mol. The summed E-state index contributed by atoms with van der Waals surface area (Å²) in [7, 11) is -2.99. The van der Waals surface area contributed by atoms with E-state index in [1.807, 2.05) is 6.07 Å². The van der Waals surface area contributed by atoms with Gasteiger partial charge in [0.2, 0.25) is 0 Å². The molecule has 0 fully saturated rings. The molecule has 0 saturated heterocycles. The average molecular weight is 281 g/mol. The molecule has 0 aromatic heterocycles. The third-order valence-corrected chi connectivity index (χ3v) is 4.04. The zero-order valence-electron chi connectivity index (χ0n) is 11.0. The summed E-state index contributed by atoms with van der Waals surface area (Å²) in [5, 5.41) is 2.99. The van der Waals surface area contributed by atoms with E-state index in [0.717, 1.165) is 18.5 Å². The zero-order chi connectivity index (χ0) is 13.9. The lowest BCUT2D eigenvalue weighted by Gasteiger charge is -2.07. The Hall–Kier alpha value is -1.56. The Morgan fingerprint density at radius 2 is 2.11 bits per heavy atom. The van der Waals surface area contributed by atoms with Gasteiger partial charge in [-0.05, 0) is 42.5 Å². The molecule has 104 valence electrons. The van der Waals surface area contributed by atoms with Crippen molar-refractivity contribution in [2.45, 2.75) is 19.3 Å². The number of hydrogen-bond donors (Lipinski definition) is 2. The van der Waals surface area contributed by atoms with Gasteiger partial charge in [0.25, 0.3) is 0 Å². The second kappa shape index (κ2) is 5.61. The van der Waals surface area contributed by atoms with E-state index >= 15 is 0 Å². The third-order valence-electron chi connectivity index (χ3n) is 3.12. The molecule has 19 heavy (non-hydrogen) atoms. The minimum Gasteiger partial charge on any atom is -0.370 e. The minimum atomic E-state index is -2.99. The average Bonchev–Trinajstić information content (AvgIpc) is 2.74. The lowest BCUT2D eigenvalue weighted by molar-refractivity contribution is 0.601. The first-order valence-electron chi connectivity index (χ1n) is 6.30. The number of rotatable bonds is 4. The number of anilines is 1. The Kier molecular flexibility index (Phi) is 4.09. The maximum Gasteiger partial charge on any atom is 0.193 e. The molecule has 1 aromatic rings. The molecule has 0 unspecified atom stereocenters. The number of sulfone groups is 1. The molecule has 2 rings (SSSR count). The lowest BCUT2D eigenvalue weighted by atomic mass is 10.1. The Bertz CT molecular complexity index is 594. The van der Waals surface area contributed by atoms with Gasteiger partial charge in [-0.25, -0.2) is 8.42 Å². The van der Waals surface area contributed by atoms with E-state index in [-0.39, 0.29) is 18.3 Å². The lowest BCUT2D eigenvalue weighted by Crippen LogP contribution is -2.23. The van der Waals surface area contributed by atoms with Crippen LogP contribution in [0.1, 0.15) is 17.5 Å². The van der Waals surface area contributed by atoms with Crippen LogP contribution in [0.2, 0.25) is 0 Å². The molecular weight excluding hydrogens is 262 g/mol. The monoisotopic (exact) mass is 281 g/mol. The van der Waals surface area contributed by atoms with Crippen LogP contribution >= 0.6 is 0 Å². The van der Waals surface area contributed by atoms with Crippen LogP contribution in [0.3, 0.4) is 0 Å². The highest BCUT2D eigenvalue weighted by atomic mass is 32.2. The molecule has 0 radical (unpaired) electrons. The van der Waals surface area contributed by atoms with Gasteiger partial charge in [-0.3, -0.25) is 4.99 Å². The van der Waals surface area contributed by atoms with E-state index in [4.69, 9.17) is 5.73 Å². The van der Waals surface area contributed by atoms with Gasteiger partial charge in [0.05, 0.1) is 12.3 Å². The van der Waals surface area contributed by atoms with E-state index in [0.29, 0.717) is 0 Å². The van der Waals surface area contributed by atoms with Crippen LogP contribution in [-0.2, 0) is 22.7 Å². The van der Waals surface area contributed by atoms with E-state index in [9.17, 15) is 8.42 Å². The van der Waals surface area contributed by atoms with Gasteiger partial charge in [-0.15, -0.1) is 0 Å². The largest absolute Gasteiger partial charge is 0.370 e. The summed E-state index contributed by atoms with van der Waals surface area (Å²) in [6.45, 7) is 0.183. The molecule has 1 aliphatic rings. The Morgan fingerprint density at radius 3 is 2.84 bits per heavy atom. The van der Waals surface area contributed by atoms with Crippen LogP contribution in [0.5, 0.6) is 0 Å². The maximum absolute atomic E-state index is 11.0. The first kappa shape index (κ1) is 13.9. The van der Waals surface area contributed by atoms with Crippen LogP contribution in [0.25, 0.3) is 0 Å². The van der Waals surface area contributed by atoms with Gasteiger partial charge in [-0.1, -0.05) is 6.07 Å². The van der Waals surface area contributed by atoms with Gasteiger partial charge < -0.3 is 11.1 Å². The number of guanidine groups is 1. The van der Waals surface area contributed by atoms with E-state index in [1.54, 1.807) is 0 Å². The molecule has 0 amide bonds. The highest BCUT2D eigenvalue weighted by molar-refractivity contribution is 7.90. The summed E-state index contributed by atoms with van der Waals surface area (Å²) in [4.78, 5) is 4.00. The fourth-order valence-corrected chi connectivity index (χ4v) is 2.59. The first-order chi connectivity index (χ1) is 8.94. The van der Waals surface area contributed by atoms with Crippen molar-refractivity contribution in [2.75, 3.05) is 23.9 Å². The van der Waals surface area contributed by atoms with Crippen LogP contribution in [0.4, 0.5) is 5.69 Å². The number of nitrogens with two attached hydrogens (primary N) is 1. The van der Waals surface area contributed by atoms with Crippen molar-refractivity contribution in [3.8, 4) is 0 Å². The van der Waals surface area contributed by atoms with E-state index in [2.05, 4.69) is 22.4 Å². The first-order valence-corrected chi connectivity index (χ1v) is 8.36. The minimum absolute atomic E-state index is 0.0135. The Labute approximate surface area is 113 Å². The summed E-state index contributed by atoms with van der Waals surface area (Å²) >= 11 is 0. The van der Waals surface area contributed by atoms with Gasteiger partial charge in [0, 0.05) is 11.9 Å². The molecule has 1 aromatic carbocycles. The molecule has 0 saturated carbocycles. The SMILES string of the molecule is CS(=O)(=O)CCN=C(N)Nc1ccc2c(c1)CCC2. The Morgan fingerprint density at radius 1 is 1.37 bits per heavy atom. The fraction of sp³-hybridized carbons (Fsp3) is 0.462. The number of nitrogens with one attached hydrogen (secondary N) is 1. The second-order valence-electron chi connectivity index (χ2n) is 4.86. The smallest absolute Gasteiger partial charge is 0.193 e. The molecule has 3 N–H and O–H groups in total. The van der Waals surface area contributed by atoms with Gasteiger partial charge in [0.1, 0.15) is 9.84 Å². The van der Waals surface area contributed by atoms with Gasteiger partial charge in [0.15, 0.2) is 5.96 Å². The normalized spacial score (nSPS) is 15.3. The number of nitrogens with zero attached hydrogens (tertiary/aromatic N) is 1. The standard InChI is InChI=1S/C13H19N3O2S/c1-19(17,18)8-7-15-13(14)16-12-6-5-10-3-2-4-11(10)9-12/h5-6,9H,2-4,7-8H2,1H3,(H3,14,15,16).